The predicted octanol–water partition coefficient (Wildman–Crippen LogP) is 3.28. The van der Waals surface area contributed by atoms with Gasteiger partial charge < -0.3 is 9.73 Å². The van der Waals surface area contributed by atoms with Gasteiger partial charge in [0.05, 0.1) is 6.26 Å². The molecule has 2 atom stereocenters. The van der Waals surface area contributed by atoms with Crippen LogP contribution in [-0.2, 0) is 0 Å². The van der Waals surface area contributed by atoms with E-state index in [1.807, 2.05) is 13.2 Å². The second-order valence-electron chi connectivity index (χ2n) is 3.91. The maximum atomic E-state index is 5.35. The van der Waals surface area contributed by atoms with Crippen molar-refractivity contribution >= 4 is 0 Å². The number of nitrogens with one attached hydrogen (secondary N) is 1. The van der Waals surface area contributed by atoms with Crippen LogP contribution < -0.4 is 5.32 Å². The molecule has 0 amide bonds. The van der Waals surface area contributed by atoms with E-state index in [0.717, 1.165) is 12.3 Å². The van der Waals surface area contributed by atoms with Crippen LogP contribution in [0.3, 0.4) is 0 Å². The predicted molar refractivity (Wildman–Crippen MR) is 59.3 cm³/mol. The first kappa shape index (κ1) is 11.3. The summed E-state index contributed by atoms with van der Waals surface area (Å²) < 4.78 is 5.35. The quantitative estimate of drug-likeness (QED) is 0.780. The lowest BCUT2D eigenvalue weighted by Gasteiger charge is -2.22. The van der Waals surface area contributed by atoms with Crippen molar-refractivity contribution in [3.8, 4) is 0 Å². The second kappa shape index (κ2) is 5.20. The van der Waals surface area contributed by atoms with Gasteiger partial charge in [-0.1, -0.05) is 27.2 Å². The molecule has 2 nitrogen and oxygen atoms in total. The summed E-state index contributed by atoms with van der Waals surface area (Å²) in [7, 11) is 0. The molecule has 0 bridgehead atoms. The van der Waals surface area contributed by atoms with Crippen molar-refractivity contribution in [1.29, 1.82) is 0 Å². The first-order valence-electron chi connectivity index (χ1n) is 5.47. The number of rotatable bonds is 5. The average Bonchev–Trinajstić information content (AvgIpc) is 2.60. The summed E-state index contributed by atoms with van der Waals surface area (Å²) >= 11 is 0. The highest BCUT2D eigenvalue weighted by atomic mass is 16.3. The van der Waals surface area contributed by atoms with Crippen LogP contribution in [0.4, 0.5) is 0 Å². The Morgan fingerprint density at radius 3 is 2.57 bits per heavy atom. The first-order chi connectivity index (χ1) is 6.69. The third kappa shape index (κ3) is 2.61. The molecule has 1 rings (SSSR count). The zero-order chi connectivity index (χ0) is 10.6. The molecule has 0 aliphatic heterocycles. The Morgan fingerprint density at radius 1 is 1.43 bits per heavy atom. The molecule has 14 heavy (non-hydrogen) atoms. The Hall–Kier alpha value is -0.760. The largest absolute Gasteiger partial charge is 0.469 e. The SMILES string of the molecule is CCNC(c1coc(C)c1)C(C)CC. The van der Waals surface area contributed by atoms with E-state index >= 15 is 0 Å². The highest BCUT2D eigenvalue weighted by Crippen LogP contribution is 2.25. The summed E-state index contributed by atoms with van der Waals surface area (Å²) in [5, 5.41) is 3.50. The summed E-state index contributed by atoms with van der Waals surface area (Å²) in [6.07, 6.45) is 3.05. The highest BCUT2D eigenvalue weighted by Gasteiger charge is 2.18. The Morgan fingerprint density at radius 2 is 2.14 bits per heavy atom. The van der Waals surface area contributed by atoms with Gasteiger partial charge in [0, 0.05) is 11.6 Å². The van der Waals surface area contributed by atoms with Gasteiger partial charge in [-0.2, -0.15) is 0 Å². The van der Waals surface area contributed by atoms with E-state index in [9.17, 15) is 0 Å². The fourth-order valence-electron chi connectivity index (χ4n) is 1.73. The minimum absolute atomic E-state index is 0.433. The Kier molecular flexibility index (Phi) is 4.21. The summed E-state index contributed by atoms with van der Waals surface area (Å²) in [5.41, 5.74) is 1.28. The third-order valence-electron chi connectivity index (χ3n) is 2.75. The molecule has 1 aromatic heterocycles. The number of furan rings is 1. The zero-order valence-corrected chi connectivity index (χ0v) is 9.63. The molecule has 2 heteroatoms. The van der Waals surface area contributed by atoms with E-state index < -0.39 is 0 Å². The molecule has 1 N–H and O–H groups in total. The van der Waals surface area contributed by atoms with Crippen LogP contribution in [0.2, 0.25) is 0 Å². The lowest BCUT2D eigenvalue weighted by molar-refractivity contribution is 0.380. The molecule has 0 spiro atoms. The third-order valence-corrected chi connectivity index (χ3v) is 2.75. The van der Waals surface area contributed by atoms with Gasteiger partial charge in [-0.15, -0.1) is 0 Å². The van der Waals surface area contributed by atoms with Crippen LogP contribution in [0.1, 0.15) is 44.6 Å². The van der Waals surface area contributed by atoms with Gasteiger partial charge >= 0.3 is 0 Å². The molecule has 0 aliphatic carbocycles. The Labute approximate surface area is 86.7 Å². The van der Waals surface area contributed by atoms with Gasteiger partial charge in [-0.25, -0.2) is 0 Å². The molecule has 0 fully saturated rings. The fraction of sp³-hybridized carbons (Fsp3) is 0.667. The zero-order valence-electron chi connectivity index (χ0n) is 9.63. The Bertz CT molecular complexity index is 267. The first-order valence-corrected chi connectivity index (χ1v) is 5.47. The second-order valence-corrected chi connectivity index (χ2v) is 3.91. The van der Waals surface area contributed by atoms with Crippen molar-refractivity contribution in [3.63, 3.8) is 0 Å². The van der Waals surface area contributed by atoms with Gasteiger partial charge in [-0.05, 0) is 25.5 Å². The Balaban J connectivity index is 2.76. The van der Waals surface area contributed by atoms with Crippen molar-refractivity contribution in [1.82, 2.24) is 5.32 Å². The number of aryl methyl sites for hydroxylation is 1. The minimum Gasteiger partial charge on any atom is -0.469 e. The standard InChI is InChI=1S/C12H21NO/c1-5-9(3)12(13-6-2)11-7-10(4)14-8-11/h7-9,12-13H,5-6H2,1-4H3. The fourth-order valence-corrected chi connectivity index (χ4v) is 1.73. The van der Waals surface area contributed by atoms with Crippen LogP contribution in [0.15, 0.2) is 16.7 Å². The van der Waals surface area contributed by atoms with Crippen molar-refractivity contribution in [2.24, 2.45) is 5.92 Å². The molecular weight excluding hydrogens is 174 g/mol. The van der Waals surface area contributed by atoms with Crippen LogP contribution in [-0.4, -0.2) is 6.54 Å². The molecule has 0 saturated carbocycles. The highest BCUT2D eigenvalue weighted by molar-refractivity contribution is 5.17. The summed E-state index contributed by atoms with van der Waals surface area (Å²) in [6, 6.07) is 2.56. The van der Waals surface area contributed by atoms with Gasteiger partial charge in [0.2, 0.25) is 0 Å². The minimum atomic E-state index is 0.433. The molecule has 0 saturated heterocycles. The summed E-state index contributed by atoms with van der Waals surface area (Å²) in [5.74, 6) is 1.64. The van der Waals surface area contributed by atoms with E-state index in [1.165, 1.54) is 12.0 Å². The van der Waals surface area contributed by atoms with Crippen molar-refractivity contribution < 1.29 is 4.42 Å². The molecule has 1 heterocycles. The number of hydrogen-bond donors (Lipinski definition) is 1. The van der Waals surface area contributed by atoms with Crippen molar-refractivity contribution in [2.75, 3.05) is 6.54 Å². The monoisotopic (exact) mass is 195 g/mol. The van der Waals surface area contributed by atoms with Gasteiger partial charge in [0.25, 0.3) is 0 Å². The molecule has 0 radical (unpaired) electrons. The van der Waals surface area contributed by atoms with Gasteiger partial charge in [0.1, 0.15) is 5.76 Å². The van der Waals surface area contributed by atoms with Gasteiger partial charge in [0.15, 0.2) is 0 Å². The number of hydrogen-bond acceptors (Lipinski definition) is 2. The average molecular weight is 195 g/mol. The smallest absolute Gasteiger partial charge is 0.101 e. The molecule has 0 aromatic carbocycles. The molecule has 80 valence electrons. The normalized spacial score (nSPS) is 15.4. The van der Waals surface area contributed by atoms with Crippen LogP contribution >= 0.6 is 0 Å². The molecule has 2 unspecified atom stereocenters. The topological polar surface area (TPSA) is 25.2 Å². The van der Waals surface area contributed by atoms with E-state index in [0.29, 0.717) is 12.0 Å². The van der Waals surface area contributed by atoms with E-state index in [2.05, 4.69) is 32.2 Å². The maximum absolute atomic E-state index is 5.35. The van der Waals surface area contributed by atoms with Crippen molar-refractivity contribution in [2.45, 2.75) is 40.2 Å². The van der Waals surface area contributed by atoms with Gasteiger partial charge in [-0.3, -0.25) is 0 Å². The summed E-state index contributed by atoms with van der Waals surface area (Å²) in [4.78, 5) is 0. The van der Waals surface area contributed by atoms with E-state index in [4.69, 9.17) is 4.42 Å². The van der Waals surface area contributed by atoms with Crippen LogP contribution in [0, 0.1) is 12.8 Å². The van der Waals surface area contributed by atoms with E-state index in [-0.39, 0.29) is 0 Å². The lowest BCUT2D eigenvalue weighted by atomic mass is 9.94. The van der Waals surface area contributed by atoms with E-state index in [1.54, 1.807) is 0 Å². The molecular formula is C12H21NO. The summed E-state index contributed by atoms with van der Waals surface area (Å²) in [6.45, 7) is 9.63. The molecule has 0 aliphatic rings. The molecule has 1 aromatic rings. The lowest BCUT2D eigenvalue weighted by Crippen LogP contribution is -2.26. The van der Waals surface area contributed by atoms with Crippen molar-refractivity contribution in [3.05, 3.63) is 23.7 Å². The van der Waals surface area contributed by atoms with Crippen LogP contribution in [0.25, 0.3) is 0 Å². The van der Waals surface area contributed by atoms with Crippen LogP contribution in [0.5, 0.6) is 0 Å². The maximum Gasteiger partial charge on any atom is 0.101 e.